The average Bonchev–Trinajstić information content (AvgIpc) is 1.95. The molecule has 0 aliphatic heterocycles. The first-order valence-corrected chi connectivity index (χ1v) is 4.24. The van der Waals surface area contributed by atoms with Crippen molar-refractivity contribution in [2.45, 2.75) is 44.8 Å². The molecule has 1 saturated carbocycles. The summed E-state index contributed by atoms with van der Waals surface area (Å²) in [6, 6.07) is 0.674. The van der Waals surface area contributed by atoms with Crippen LogP contribution in [0, 0.1) is 0 Å². The largest absolute Gasteiger partial charge is 0.393 e. The zero-order valence-corrected chi connectivity index (χ0v) is 6.64. The molecule has 0 spiro atoms. The fourth-order valence-corrected chi connectivity index (χ4v) is 1.57. The molecular formula is C8H17NO. The Morgan fingerprint density at radius 1 is 1.30 bits per heavy atom. The molecule has 60 valence electrons. The first-order chi connectivity index (χ1) is 4.83. The fourth-order valence-electron chi connectivity index (χ4n) is 1.57. The lowest BCUT2D eigenvalue weighted by Gasteiger charge is -2.25. The maximum absolute atomic E-state index is 9.17. The summed E-state index contributed by atoms with van der Waals surface area (Å²) in [5, 5.41) is 12.6. The predicted octanol–water partition coefficient (Wildman–Crippen LogP) is 0.899. The van der Waals surface area contributed by atoms with Gasteiger partial charge in [-0.1, -0.05) is 6.92 Å². The number of aliphatic hydroxyl groups excluding tert-OH is 1. The molecule has 0 amide bonds. The molecule has 1 rings (SSSR count). The molecule has 0 aromatic heterocycles. The van der Waals surface area contributed by atoms with Gasteiger partial charge in [0, 0.05) is 6.04 Å². The van der Waals surface area contributed by atoms with Crippen LogP contribution in [-0.2, 0) is 0 Å². The lowest BCUT2D eigenvalue weighted by Crippen LogP contribution is -2.34. The van der Waals surface area contributed by atoms with Crippen molar-refractivity contribution in [1.82, 2.24) is 5.32 Å². The van der Waals surface area contributed by atoms with Crippen LogP contribution in [0.3, 0.4) is 0 Å². The first kappa shape index (κ1) is 8.02. The molecular weight excluding hydrogens is 126 g/mol. The van der Waals surface area contributed by atoms with Gasteiger partial charge in [0.1, 0.15) is 0 Å². The molecule has 0 saturated heterocycles. The minimum atomic E-state index is -0.0186. The molecule has 0 aromatic rings. The van der Waals surface area contributed by atoms with Gasteiger partial charge in [-0.15, -0.1) is 0 Å². The van der Waals surface area contributed by atoms with E-state index in [1.165, 1.54) is 0 Å². The summed E-state index contributed by atoms with van der Waals surface area (Å²) in [7, 11) is 0. The minimum Gasteiger partial charge on any atom is -0.393 e. The van der Waals surface area contributed by atoms with Gasteiger partial charge in [0.2, 0.25) is 0 Å². The molecule has 0 unspecified atom stereocenters. The Kier molecular flexibility index (Phi) is 3.16. The second-order valence-electron chi connectivity index (χ2n) is 3.06. The highest BCUT2D eigenvalue weighted by atomic mass is 16.3. The molecule has 2 N–H and O–H groups in total. The molecule has 0 radical (unpaired) electrons. The normalized spacial score (nSPS) is 34.2. The van der Waals surface area contributed by atoms with E-state index in [-0.39, 0.29) is 6.10 Å². The third kappa shape index (κ3) is 2.27. The van der Waals surface area contributed by atoms with Crippen LogP contribution in [0.2, 0.25) is 0 Å². The molecule has 10 heavy (non-hydrogen) atoms. The van der Waals surface area contributed by atoms with Crippen LogP contribution in [-0.4, -0.2) is 23.8 Å². The van der Waals surface area contributed by atoms with Crippen LogP contribution in [0.4, 0.5) is 0 Å². The van der Waals surface area contributed by atoms with Gasteiger partial charge >= 0.3 is 0 Å². The third-order valence-corrected chi connectivity index (χ3v) is 2.19. The smallest absolute Gasteiger partial charge is 0.0541 e. The summed E-state index contributed by atoms with van der Waals surface area (Å²) in [5.41, 5.74) is 0. The van der Waals surface area contributed by atoms with Gasteiger partial charge in [-0.05, 0) is 32.2 Å². The highest BCUT2D eigenvalue weighted by molar-refractivity contribution is 4.75. The van der Waals surface area contributed by atoms with Crippen LogP contribution in [0.15, 0.2) is 0 Å². The van der Waals surface area contributed by atoms with Gasteiger partial charge in [0.15, 0.2) is 0 Å². The minimum absolute atomic E-state index is 0.0186. The second kappa shape index (κ2) is 3.94. The van der Waals surface area contributed by atoms with Gasteiger partial charge in [-0.3, -0.25) is 0 Å². The molecule has 0 atom stereocenters. The van der Waals surface area contributed by atoms with Crippen LogP contribution in [0.1, 0.15) is 32.6 Å². The van der Waals surface area contributed by atoms with E-state index in [1.807, 2.05) is 0 Å². The number of nitrogens with one attached hydrogen (secondary N) is 1. The van der Waals surface area contributed by atoms with E-state index < -0.39 is 0 Å². The number of hydrogen-bond donors (Lipinski definition) is 2. The Hall–Kier alpha value is -0.0800. The lowest BCUT2D eigenvalue weighted by molar-refractivity contribution is 0.117. The van der Waals surface area contributed by atoms with Crippen LogP contribution in [0.25, 0.3) is 0 Å². The Morgan fingerprint density at radius 3 is 2.40 bits per heavy atom. The molecule has 0 aromatic carbocycles. The zero-order chi connectivity index (χ0) is 7.40. The van der Waals surface area contributed by atoms with E-state index in [2.05, 4.69) is 12.2 Å². The SMILES string of the molecule is CCN[C@H]1CC[C@@H](O)CC1. The van der Waals surface area contributed by atoms with E-state index in [9.17, 15) is 0 Å². The highest BCUT2D eigenvalue weighted by Gasteiger charge is 2.17. The van der Waals surface area contributed by atoms with E-state index in [4.69, 9.17) is 5.11 Å². The molecule has 0 bridgehead atoms. The highest BCUT2D eigenvalue weighted by Crippen LogP contribution is 2.17. The van der Waals surface area contributed by atoms with E-state index in [0.29, 0.717) is 6.04 Å². The predicted molar refractivity (Wildman–Crippen MR) is 41.9 cm³/mol. The van der Waals surface area contributed by atoms with Crippen LogP contribution < -0.4 is 5.32 Å². The Morgan fingerprint density at radius 2 is 1.90 bits per heavy atom. The summed E-state index contributed by atoms with van der Waals surface area (Å²) in [6.07, 6.45) is 4.24. The summed E-state index contributed by atoms with van der Waals surface area (Å²) in [5.74, 6) is 0. The summed E-state index contributed by atoms with van der Waals surface area (Å²) in [6.45, 7) is 3.19. The van der Waals surface area contributed by atoms with Crippen molar-refractivity contribution in [2.75, 3.05) is 6.54 Å². The van der Waals surface area contributed by atoms with Gasteiger partial charge < -0.3 is 10.4 Å². The quantitative estimate of drug-likeness (QED) is 0.602. The summed E-state index contributed by atoms with van der Waals surface area (Å²) >= 11 is 0. The topological polar surface area (TPSA) is 32.3 Å². The van der Waals surface area contributed by atoms with Crippen molar-refractivity contribution in [3.8, 4) is 0 Å². The van der Waals surface area contributed by atoms with E-state index in [1.54, 1.807) is 0 Å². The molecule has 2 heteroatoms. The Bertz CT molecular complexity index is 87.3. The molecule has 2 nitrogen and oxygen atoms in total. The number of hydrogen-bond acceptors (Lipinski definition) is 2. The van der Waals surface area contributed by atoms with Crippen molar-refractivity contribution in [3.63, 3.8) is 0 Å². The van der Waals surface area contributed by atoms with Crippen molar-refractivity contribution in [3.05, 3.63) is 0 Å². The van der Waals surface area contributed by atoms with Crippen LogP contribution in [0.5, 0.6) is 0 Å². The van der Waals surface area contributed by atoms with E-state index >= 15 is 0 Å². The number of rotatable bonds is 2. The van der Waals surface area contributed by atoms with Gasteiger partial charge in [-0.2, -0.15) is 0 Å². The second-order valence-corrected chi connectivity index (χ2v) is 3.06. The Labute approximate surface area is 62.6 Å². The standard InChI is InChI=1S/C8H17NO/c1-2-9-7-3-5-8(10)6-4-7/h7-10H,2-6H2,1H3/t7-,8+. The van der Waals surface area contributed by atoms with Gasteiger partial charge in [0.25, 0.3) is 0 Å². The van der Waals surface area contributed by atoms with Crippen LogP contribution >= 0.6 is 0 Å². The van der Waals surface area contributed by atoms with Crippen molar-refractivity contribution < 1.29 is 5.11 Å². The molecule has 1 aliphatic carbocycles. The fraction of sp³-hybridized carbons (Fsp3) is 1.00. The number of aliphatic hydroxyl groups is 1. The van der Waals surface area contributed by atoms with Crippen molar-refractivity contribution in [2.24, 2.45) is 0 Å². The average molecular weight is 143 g/mol. The monoisotopic (exact) mass is 143 g/mol. The summed E-state index contributed by atoms with van der Waals surface area (Å²) < 4.78 is 0. The molecule has 0 heterocycles. The van der Waals surface area contributed by atoms with E-state index in [0.717, 1.165) is 32.2 Å². The van der Waals surface area contributed by atoms with Crippen molar-refractivity contribution >= 4 is 0 Å². The maximum atomic E-state index is 9.17. The lowest BCUT2D eigenvalue weighted by atomic mass is 9.93. The first-order valence-electron chi connectivity index (χ1n) is 4.24. The zero-order valence-electron chi connectivity index (χ0n) is 6.64. The molecule has 1 fully saturated rings. The Balaban J connectivity index is 2.13. The van der Waals surface area contributed by atoms with Gasteiger partial charge in [-0.25, -0.2) is 0 Å². The van der Waals surface area contributed by atoms with Crippen molar-refractivity contribution in [1.29, 1.82) is 0 Å². The van der Waals surface area contributed by atoms with Gasteiger partial charge in [0.05, 0.1) is 6.10 Å². The molecule has 1 aliphatic rings. The third-order valence-electron chi connectivity index (χ3n) is 2.19. The summed E-state index contributed by atoms with van der Waals surface area (Å²) in [4.78, 5) is 0. The maximum Gasteiger partial charge on any atom is 0.0541 e.